The van der Waals surface area contributed by atoms with E-state index >= 15 is 0 Å². The molecule has 0 radical (unpaired) electrons. The number of hydrogen-bond donors (Lipinski definition) is 0. The number of hydrogen-bond acceptors (Lipinski definition) is 2. The zero-order chi connectivity index (χ0) is 12.7. The molecule has 0 unspecified atom stereocenters. The van der Waals surface area contributed by atoms with Crippen LogP contribution in [0.1, 0.15) is 5.69 Å². The third-order valence-electron chi connectivity index (χ3n) is 2.80. The fraction of sp³-hybridized carbons (Fsp3) is 0.0769. The molecule has 5 heteroatoms. The smallest absolute Gasteiger partial charge is 0.234 e. The van der Waals surface area contributed by atoms with Crippen molar-refractivity contribution in [2.75, 3.05) is 0 Å². The molecule has 0 aliphatic heterocycles. The summed E-state index contributed by atoms with van der Waals surface area (Å²) in [7, 11) is 0. The van der Waals surface area contributed by atoms with E-state index in [0.717, 1.165) is 21.4 Å². The third kappa shape index (κ3) is 1.80. The Bertz CT molecular complexity index is 719. The molecule has 0 saturated carbocycles. The first-order chi connectivity index (χ1) is 8.65. The van der Waals surface area contributed by atoms with Crippen LogP contribution < -0.4 is 0 Å². The van der Waals surface area contributed by atoms with E-state index in [-0.39, 0.29) is 5.82 Å². The quantitative estimate of drug-likeness (QED) is 0.687. The van der Waals surface area contributed by atoms with Crippen LogP contribution in [-0.4, -0.2) is 14.4 Å². The fourth-order valence-electron chi connectivity index (χ4n) is 1.90. The summed E-state index contributed by atoms with van der Waals surface area (Å²) in [6, 6.07) is 6.31. The Hall–Kier alpha value is -1.75. The molecule has 0 aliphatic carbocycles. The van der Waals surface area contributed by atoms with Gasteiger partial charge in [-0.3, -0.25) is 4.40 Å². The number of fused-ring (bicyclic) bond motifs is 1. The largest absolute Gasteiger partial charge is 0.287 e. The highest BCUT2D eigenvalue weighted by Gasteiger charge is 2.11. The Labute approximate surface area is 111 Å². The Balaban J connectivity index is 2.23. The first kappa shape index (κ1) is 11.3. The van der Waals surface area contributed by atoms with E-state index in [1.807, 2.05) is 17.5 Å². The molecule has 0 amide bonds. The summed E-state index contributed by atoms with van der Waals surface area (Å²) >= 11 is 3.38. The molecule has 2 aromatic heterocycles. The molecular formula is C13H9BrFN3. The summed E-state index contributed by atoms with van der Waals surface area (Å²) in [6.07, 6.45) is 3.62. The third-order valence-corrected chi connectivity index (χ3v) is 3.21. The highest BCUT2D eigenvalue weighted by molar-refractivity contribution is 9.10. The van der Waals surface area contributed by atoms with E-state index in [4.69, 9.17) is 0 Å². The van der Waals surface area contributed by atoms with E-state index < -0.39 is 0 Å². The number of rotatable bonds is 1. The molecule has 0 N–H and O–H groups in total. The van der Waals surface area contributed by atoms with Crippen molar-refractivity contribution in [2.45, 2.75) is 6.92 Å². The van der Waals surface area contributed by atoms with Crippen molar-refractivity contribution in [1.82, 2.24) is 14.4 Å². The average Bonchev–Trinajstić information content (AvgIpc) is 2.68. The molecule has 0 spiro atoms. The molecule has 0 bridgehead atoms. The predicted octanol–water partition coefficient (Wildman–Crippen LogP) is 3.61. The number of halogens is 2. The number of benzene rings is 1. The number of aryl methyl sites for hydroxylation is 1. The van der Waals surface area contributed by atoms with Gasteiger partial charge in [0.05, 0.1) is 10.2 Å². The normalized spacial score (nSPS) is 11.1. The molecular weight excluding hydrogens is 297 g/mol. The average molecular weight is 306 g/mol. The van der Waals surface area contributed by atoms with Gasteiger partial charge in [-0.1, -0.05) is 0 Å². The van der Waals surface area contributed by atoms with Gasteiger partial charge in [-0.05, 0) is 47.1 Å². The summed E-state index contributed by atoms with van der Waals surface area (Å²) in [5.41, 5.74) is 2.68. The molecule has 0 atom stereocenters. The van der Waals surface area contributed by atoms with Gasteiger partial charge in [-0.2, -0.15) is 0 Å². The van der Waals surface area contributed by atoms with Gasteiger partial charge in [0, 0.05) is 23.7 Å². The summed E-state index contributed by atoms with van der Waals surface area (Å²) in [5.74, 6) is 0.385. The van der Waals surface area contributed by atoms with Gasteiger partial charge in [0.1, 0.15) is 5.82 Å². The van der Waals surface area contributed by atoms with Gasteiger partial charge in [-0.25, -0.2) is 14.4 Å². The van der Waals surface area contributed by atoms with Crippen LogP contribution >= 0.6 is 15.9 Å². The fourth-order valence-corrected chi connectivity index (χ4v) is 2.21. The first-order valence-corrected chi connectivity index (χ1v) is 6.20. The molecule has 3 aromatic rings. The Morgan fingerprint density at radius 2 is 1.94 bits per heavy atom. The highest BCUT2D eigenvalue weighted by Crippen LogP contribution is 2.24. The van der Waals surface area contributed by atoms with Crippen molar-refractivity contribution in [3.8, 4) is 11.3 Å². The van der Waals surface area contributed by atoms with E-state index in [0.29, 0.717) is 5.78 Å². The van der Waals surface area contributed by atoms with Crippen molar-refractivity contribution in [2.24, 2.45) is 0 Å². The zero-order valence-corrected chi connectivity index (χ0v) is 11.1. The van der Waals surface area contributed by atoms with Crippen molar-refractivity contribution in [3.05, 3.63) is 52.6 Å². The molecule has 0 fully saturated rings. The minimum absolute atomic E-state index is 0.249. The maximum absolute atomic E-state index is 12.9. The van der Waals surface area contributed by atoms with Crippen molar-refractivity contribution < 1.29 is 4.39 Å². The summed E-state index contributed by atoms with van der Waals surface area (Å²) in [4.78, 5) is 8.70. The monoisotopic (exact) mass is 305 g/mol. The second kappa shape index (κ2) is 4.17. The van der Waals surface area contributed by atoms with Gasteiger partial charge >= 0.3 is 0 Å². The van der Waals surface area contributed by atoms with Gasteiger partial charge in [0.2, 0.25) is 5.78 Å². The lowest BCUT2D eigenvalue weighted by Gasteiger charge is -1.99. The SMILES string of the molecule is Cc1c(-c2ccc(F)cc2)nc2ncc(Br)cn12. The second-order valence-electron chi connectivity index (χ2n) is 3.99. The zero-order valence-electron chi connectivity index (χ0n) is 9.56. The lowest BCUT2D eigenvalue weighted by atomic mass is 10.1. The molecule has 18 heavy (non-hydrogen) atoms. The summed E-state index contributed by atoms with van der Waals surface area (Å²) in [6.45, 7) is 1.97. The van der Waals surface area contributed by atoms with Crippen LogP contribution in [0.4, 0.5) is 4.39 Å². The van der Waals surface area contributed by atoms with E-state index in [1.54, 1.807) is 18.3 Å². The van der Waals surface area contributed by atoms with Crippen LogP contribution in [0.5, 0.6) is 0 Å². The molecule has 3 nitrogen and oxygen atoms in total. The maximum Gasteiger partial charge on any atom is 0.234 e. The maximum atomic E-state index is 12.9. The molecule has 90 valence electrons. The number of nitrogens with zero attached hydrogens (tertiary/aromatic N) is 3. The molecule has 0 aliphatic rings. The Morgan fingerprint density at radius 1 is 1.22 bits per heavy atom. The van der Waals surface area contributed by atoms with Crippen molar-refractivity contribution >= 4 is 21.7 Å². The Kier molecular flexibility index (Phi) is 2.63. The molecule has 3 rings (SSSR count). The van der Waals surface area contributed by atoms with E-state index in [9.17, 15) is 4.39 Å². The lowest BCUT2D eigenvalue weighted by molar-refractivity contribution is 0.628. The van der Waals surface area contributed by atoms with Crippen molar-refractivity contribution in [1.29, 1.82) is 0 Å². The van der Waals surface area contributed by atoms with Crippen LogP contribution in [0.2, 0.25) is 0 Å². The second-order valence-corrected chi connectivity index (χ2v) is 4.91. The minimum Gasteiger partial charge on any atom is -0.287 e. The van der Waals surface area contributed by atoms with E-state index in [2.05, 4.69) is 25.9 Å². The Morgan fingerprint density at radius 3 is 2.67 bits per heavy atom. The van der Waals surface area contributed by atoms with Gasteiger partial charge in [0.15, 0.2) is 0 Å². The van der Waals surface area contributed by atoms with Crippen molar-refractivity contribution in [3.63, 3.8) is 0 Å². The van der Waals surface area contributed by atoms with Gasteiger partial charge in [0.25, 0.3) is 0 Å². The standard InChI is InChI=1S/C13H9BrFN3/c1-8-12(9-2-4-11(15)5-3-9)17-13-16-6-10(14)7-18(8)13/h2-7H,1H3. The summed E-state index contributed by atoms with van der Waals surface area (Å²) < 4.78 is 15.7. The van der Waals surface area contributed by atoms with Crippen LogP contribution in [0.15, 0.2) is 41.1 Å². The molecule has 0 saturated heterocycles. The predicted molar refractivity (Wildman–Crippen MR) is 70.8 cm³/mol. The molecule has 2 heterocycles. The topological polar surface area (TPSA) is 30.2 Å². The van der Waals surface area contributed by atoms with Gasteiger partial charge in [-0.15, -0.1) is 0 Å². The summed E-state index contributed by atoms with van der Waals surface area (Å²) in [5, 5.41) is 0. The lowest BCUT2D eigenvalue weighted by Crippen LogP contribution is -1.89. The highest BCUT2D eigenvalue weighted by atomic mass is 79.9. The number of imidazole rings is 1. The minimum atomic E-state index is -0.249. The van der Waals surface area contributed by atoms with Crippen LogP contribution in [0, 0.1) is 12.7 Å². The van der Waals surface area contributed by atoms with Crippen LogP contribution in [-0.2, 0) is 0 Å². The van der Waals surface area contributed by atoms with E-state index in [1.165, 1.54) is 12.1 Å². The van der Waals surface area contributed by atoms with Crippen LogP contribution in [0.25, 0.3) is 17.0 Å². The molecule has 1 aromatic carbocycles. The van der Waals surface area contributed by atoms with Gasteiger partial charge < -0.3 is 0 Å². The first-order valence-electron chi connectivity index (χ1n) is 5.41. The van der Waals surface area contributed by atoms with Crippen LogP contribution in [0.3, 0.4) is 0 Å². The number of aromatic nitrogens is 3.